The van der Waals surface area contributed by atoms with Crippen LogP contribution in [-0.4, -0.2) is 73.5 Å². The maximum Gasteiger partial charge on any atom is 0.222 e. The summed E-state index contributed by atoms with van der Waals surface area (Å²) in [7, 11) is 2.15. The summed E-state index contributed by atoms with van der Waals surface area (Å²) < 4.78 is 0. The molecule has 1 amide bonds. The molecule has 0 radical (unpaired) electrons. The average molecular weight is 227 g/mol. The van der Waals surface area contributed by atoms with Crippen molar-refractivity contribution in [2.75, 3.05) is 52.9 Å². The molecule has 0 N–H and O–H groups in total. The second kappa shape index (κ2) is 6.86. The van der Waals surface area contributed by atoms with Crippen LogP contribution in [0.3, 0.4) is 0 Å². The van der Waals surface area contributed by atoms with Crippen LogP contribution in [0.4, 0.5) is 0 Å². The van der Waals surface area contributed by atoms with Gasteiger partial charge >= 0.3 is 0 Å². The first kappa shape index (κ1) is 13.5. The largest absolute Gasteiger partial charge is 0.340 e. The molecule has 1 aliphatic heterocycles. The lowest BCUT2D eigenvalue weighted by atomic mass is 10.3. The van der Waals surface area contributed by atoms with E-state index in [0.29, 0.717) is 12.3 Å². The van der Waals surface area contributed by atoms with Crippen molar-refractivity contribution in [3.8, 4) is 0 Å². The van der Waals surface area contributed by atoms with Gasteiger partial charge in [0.15, 0.2) is 0 Å². The zero-order valence-electron chi connectivity index (χ0n) is 10.9. The lowest BCUT2D eigenvalue weighted by molar-refractivity contribution is -0.132. The SMILES string of the molecule is CCC(=O)N1CCN(CCN(C)CC)CC1. The molecule has 4 nitrogen and oxygen atoms in total. The molecule has 1 fully saturated rings. The molecule has 1 heterocycles. The van der Waals surface area contributed by atoms with Crippen molar-refractivity contribution in [3.05, 3.63) is 0 Å². The van der Waals surface area contributed by atoms with Gasteiger partial charge in [-0.2, -0.15) is 0 Å². The summed E-state index contributed by atoms with van der Waals surface area (Å²) in [5, 5.41) is 0. The van der Waals surface area contributed by atoms with E-state index in [0.717, 1.165) is 45.8 Å². The third-order valence-corrected chi connectivity index (χ3v) is 3.37. The van der Waals surface area contributed by atoms with Gasteiger partial charge in [-0.1, -0.05) is 13.8 Å². The molecule has 0 aliphatic carbocycles. The summed E-state index contributed by atoms with van der Waals surface area (Å²) >= 11 is 0. The zero-order valence-corrected chi connectivity index (χ0v) is 10.9. The number of nitrogens with zero attached hydrogens (tertiary/aromatic N) is 3. The van der Waals surface area contributed by atoms with Gasteiger partial charge < -0.3 is 9.80 Å². The van der Waals surface area contributed by atoms with E-state index in [4.69, 9.17) is 0 Å². The molecule has 1 aliphatic rings. The molecule has 0 bridgehead atoms. The molecule has 1 rings (SSSR count). The van der Waals surface area contributed by atoms with Crippen LogP contribution in [0.15, 0.2) is 0 Å². The first-order valence-corrected chi connectivity index (χ1v) is 6.36. The molecule has 0 aromatic heterocycles. The molecule has 16 heavy (non-hydrogen) atoms. The van der Waals surface area contributed by atoms with Crippen LogP contribution in [0.25, 0.3) is 0 Å². The van der Waals surface area contributed by atoms with E-state index in [1.807, 2.05) is 11.8 Å². The van der Waals surface area contributed by atoms with E-state index in [2.05, 4.69) is 23.8 Å². The Morgan fingerprint density at radius 3 is 2.31 bits per heavy atom. The van der Waals surface area contributed by atoms with Crippen molar-refractivity contribution in [1.29, 1.82) is 0 Å². The molecule has 0 unspecified atom stereocenters. The molecular formula is C12H25N3O. The number of likely N-dealkylation sites (N-methyl/N-ethyl adjacent to an activating group) is 1. The van der Waals surface area contributed by atoms with Gasteiger partial charge in [0.1, 0.15) is 0 Å². The quantitative estimate of drug-likeness (QED) is 0.684. The number of hydrogen-bond acceptors (Lipinski definition) is 3. The number of carbonyl (C=O) groups excluding carboxylic acids is 1. The van der Waals surface area contributed by atoms with Gasteiger partial charge in [-0.15, -0.1) is 0 Å². The van der Waals surface area contributed by atoms with Crippen molar-refractivity contribution < 1.29 is 4.79 Å². The second-order valence-corrected chi connectivity index (χ2v) is 4.47. The van der Waals surface area contributed by atoms with Gasteiger partial charge in [0.2, 0.25) is 5.91 Å². The minimum Gasteiger partial charge on any atom is -0.340 e. The monoisotopic (exact) mass is 227 g/mol. The summed E-state index contributed by atoms with van der Waals surface area (Å²) in [5.74, 6) is 0.297. The zero-order chi connectivity index (χ0) is 12.0. The van der Waals surface area contributed by atoms with Gasteiger partial charge in [0.25, 0.3) is 0 Å². The van der Waals surface area contributed by atoms with Gasteiger partial charge in [0.05, 0.1) is 0 Å². The van der Waals surface area contributed by atoms with Crippen molar-refractivity contribution in [1.82, 2.24) is 14.7 Å². The average Bonchev–Trinajstić information content (AvgIpc) is 2.35. The normalized spacial score (nSPS) is 18.1. The van der Waals surface area contributed by atoms with Crippen LogP contribution < -0.4 is 0 Å². The predicted octanol–water partition coefficient (Wildman–Crippen LogP) is 0.492. The van der Waals surface area contributed by atoms with Crippen LogP contribution in [0.1, 0.15) is 20.3 Å². The van der Waals surface area contributed by atoms with Crippen LogP contribution in [-0.2, 0) is 4.79 Å². The van der Waals surface area contributed by atoms with E-state index >= 15 is 0 Å². The lowest BCUT2D eigenvalue weighted by Crippen LogP contribution is -2.49. The predicted molar refractivity (Wildman–Crippen MR) is 66.5 cm³/mol. The van der Waals surface area contributed by atoms with Crippen molar-refractivity contribution in [2.24, 2.45) is 0 Å². The van der Waals surface area contributed by atoms with E-state index in [-0.39, 0.29) is 0 Å². The van der Waals surface area contributed by atoms with Gasteiger partial charge in [-0.3, -0.25) is 9.69 Å². The molecule has 1 saturated heterocycles. The Kier molecular flexibility index (Phi) is 5.77. The fourth-order valence-electron chi connectivity index (χ4n) is 1.91. The number of hydrogen-bond donors (Lipinski definition) is 0. The van der Waals surface area contributed by atoms with Crippen molar-refractivity contribution in [2.45, 2.75) is 20.3 Å². The maximum atomic E-state index is 11.5. The molecule has 4 heteroatoms. The third-order valence-electron chi connectivity index (χ3n) is 3.37. The standard InChI is InChI=1S/C12H25N3O/c1-4-12(16)15-10-8-14(9-11-15)7-6-13(3)5-2/h4-11H2,1-3H3. The molecule has 94 valence electrons. The summed E-state index contributed by atoms with van der Waals surface area (Å²) in [5.41, 5.74) is 0. The Hall–Kier alpha value is -0.610. The Balaban J connectivity index is 2.19. The number of carbonyl (C=O) groups is 1. The van der Waals surface area contributed by atoms with Crippen molar-refractivity contribution >= 4 is 5.91 Å². The van der Waals surface area contributed by atoms with Crippen LogP contribution >= 0.6 is 0 Å². The third kappa shape index (κ3) is 4.10. The summed E-state index contributed by atoms with van der Waals surface area (Å²) in [4.78, 5) is 18.2. The fraction of sp³-hybridized carbons (Fsp3) is 0.917. The highest BCUT2D eigenvalue weighted by Gasteiger charge is 2.19. The fourth-order valence-corrected chi connectivity index (χ4v) is 1.91. The smallest absolute Gasteiger partial charge is 0.222 e. The molecule has 0 aromatic rings. The number of piperazine rings is 1. The van der Waals surface area contributed by atoms with E-state index in [9.17, 15) is 4.79 Å². The van der Waals surface area contributed by atoms with Crippen molar-refractivity contribution in [3.63, 3.8) is 0 Å². The molecular weight excluding hydrogens is 202 g/mol. The summed E-state index contributed by atoms with van der Waals surface area (Å²) in [6.45, 7) is 11.3. The number of amides is 1. The van der Waals surface area contributed by atoms with E-state index in [1.165, 1.54) is 0 Å². The molecule has 0 saturated carbocycles. The molecule has 0 spiro atoms. The molecule has 0 aromatic carbocycles. The first-order valence-electron chi connectivity index (χ1n) is 6.36. The van der Waals surface area contributed by atoms with Crippen LogP contribution in [0.5, 0.6) is 0 Å². The lowest BCUT2D eigenvalue weighted by Gasteiger charge is -2.35. The molecule has 0 atom stereocenters. The van der Waals surface area contributed by atoms with Crippen LogP contribution in [0.2, 0.25) is 0 Å². The van der Waals surface area contributed by atoms with Gasteiger partial charge in [0, 0.05) is 45.7 Å². The Morgan fingerprint density at radius 1 is 1.19 bits per heavy atom. The van der Waals surface area contributed by atoms with Gasteiger partial charge in [-0.05, 0) is 13.6 Å². The van der Waals surface area contributed by atoms with E-state index in [1.54, 1.807) is 0 Å². The minimum atomic E-state index is 0.297. The summed E-state index contributed by atoms with van der Waals surface area (Å²) in [6, 6.07) is 0. The summed E-state index contributed by atoms with van der Waals surface area (Å²) in [6.07, 6.45) is 0.637. The Morgan fingerprint density at radius 2 is 1.81 bits per heavy atom. The highest BCUT2D eigenvalue weighted by atomic mass is 16.2. The Labute approximate surface area is 99.2 Å². The second-order valence-electron chi connectivity index (χ2n) is 4.47. The highest BCUT2D eigenvalue weighted by molar-refractivity contribution is 5.75. The number of rotatable bonds is 5. The minimum absolute atomic E-state index is 0.297. The topological polar surface area (TPSA) is 26.8 Å². The van der Waals surface area contributed by atoms with E-state index < -0.39 is 0 Å². The maximum absolute atomic E-state index is 11.5. The van der Waals surface area contributed by atoms with Crippen LogP contribution in [0, 0.1) is 0 Å². The highest BCUT2D eigenvalue weighted by Crippen LogP contribution is 2.03. The first-order chi connectivity index (χ1) is 7.67. The van der Waals surface area contributed by atoms with Gasteiger partial charge in [-0.25, -0.2) is 0 Å². The Bertz CT molecular complexity index is 212.